The Morgan fingerprint density at radius 3 is 1.38 bits per heavy atom. The van der Waals surface area contributed by atoms with Crippen molar-refractivity contribution in [3.05, 3.63) is 58.6 Å². The predicted molar refractivity (Wildman–Crippen MR) is 113 cm³/mol. The first-order chi connectivity index (χ1) is 12.6. The molecule has 132 valence electrons. The number of benzene rings is 2. The average Bonchev–Trinajstić information content (AvgIpc) is 2.64. The van der Waals surface area contributed by atoms with Gasteiger partial charge in [-0.3, -0.25) is 0 Å². The topological polar surface area (TPSA) is 6.48 Å². The summed E-state index contributed by atoms with van der Waals surface area (Å²) in [5.74, 6) is 0. The first-order valence-corrected chi connectivity index (χ1v) is 41.2. The quantitative estimate of drug-likeness (QED) is 0.299. The van der Waals surface area contributed by atoms with Gasteiger partial charge in [-0.2, -0.15) is 0 Å². The van der Waals surface area contributed by atoms with Crippen molar-refractivity contribution in [3.63, 3.8) is 0 Å². The Balaban J connectivity index is 1.89. The summed E-state index contributed by atoms with van der Waals surface area (Å²) < 4.78 is 2.66. The molecule has 26 heavy (non-hydrogen) atoms. The number of piperazine rings is 1. The van der Waals surface area contributed by atoms with E-state index in [0.717, 1.165) is 23.1 Å². The van der Waals surface area contributed by atoms with Gasteiger partial charge in [0.2, 0.25) is 0 Å². The molecular weight excluding hydrogens is 876 g/mol. The molecule has 0 aliphatic carbocycles. The maximum absolute atomic E-state index is 6.11. The van der Waals surface area contributed by atoms with E-state index in [0.29, 0.717) is 12.1 Å². The van der Waals surface area contributed by atoms with E-state index in [9.17, 15) is 0 Å². The average molecular weight is 894 g/mol. The van der Waals surface area contributed by atoms with Crippen molar-refractivity contribution >= 4 is 58.4 Å². The molecule has 0 amide bonds. The summed E-state index contributed by atoms with van der Waals surface area (Å²) in [5.41, 5.74) is 2.61. The van der Waals surface area contributed by atoms with E-state index in [1.54, 1.807) is 0 Å². The minimum atomic E-state index is -0.937. The fourth-order valence-corrected chi connectivity index (χ4v) is 18.9. The minimum absolute atomic E-state index is 0.566. The van der Waals surface area contributed by atoms with Crippen molar-refractivity contribution in [2.75, 3.05) is 22.9 Å². The molecule has 8 heteroatoms. The van der Waals surface area contributed by atoms with Gasteiger partial charge in [-0.1, -0.05) is 0 Å². The van der Waals surface area contributed by atoms with Gasteiger partial charge in [0.1, 0.15) is 0 Å². The van der Waals surface area contributed by atoms with E-state index < -0.39 is 44.3 Å². The predicted octanol–water partition coefficient (Wildman–Crippen LogP) is 6.68. The van der Waals surface area contributed by atoms with Crippen molar-refractivity contribution < 1.29 is 44.3 Å². The van der Waals surface area contributed by atoms with Crippen LogP contribution >= 0.6 is 47.0 Å². The normalized spacial score (nSPS) is 19.8. The summed E-state index contributed by atoms with van der Waals surface area (Å²) in [6, 6.07) is 17.9. The van der Waals surface area contributed by atoms with Crippen LogP contribution in [0.15, 0.2) is 48.5 Å². The molecular formula is C18H18Br2Cl2Hg2N2. The number of hydrogen-bond acceptors (Lipinski definition) is 2. The van der Waals surface area contributed by atoms with Crippen molar-refractivity contribution in [1.29, 1.82) is 0 Å². The van der Waals surface area contributed by atoms with Crippen LogP contribution in [0.5, 0.6) is 0 Å². The van der Waals surface area contributed by atoms with Gasteiger partial charge in [-0.25, -0.2) is 0 Å². The van der Waals surface area contributed by atoms with Crippen LogP contribution in [0.25, 0.3) is 0 Å². The molecule has 2 aromatic carbocycles. The standard InChI is InChI=1S/C18H18Cl2N2.2BrH.2Hg/c1-13-11-22(18-9-5-16(20)6-10-18)14(2)12-21(13)17-7-3-15(19)4-8-17;;;;/h3-10,13-14H,1-2,11-12H2;2*1H;;/q;;;2*+1/p-2/t13-,14+;;;;. The van der Waals surface area contributed by atoms with Crippen LogP contribution in [0, 0.1) is 0 Å². The molecule has 0 bridgehead atoms. The summed E-state index contributed by atoms with van der Waals surface area (Å²) in [7, 11) is 0. The number of hydrogen-bond donors (Lipinski definition) is 0. The van der Waals surface area contributed by atoms with E-state index in [1.807, 2.05) is 24.3 Å². The van der Waals surface area contributed by atoms with Crippen LogP contribution < -0.4 is 9.80 Å². The first-order valence-electron chi connectivity index (χ1n) is 8.78. The van der Waals surface area contributed by atoms with Crippen LogP contribution in [0.2, 0.25) is 17.9 Å². The first kappa shape index (κ1) is 22.1. The Bertz CT molecular complexity index is 642. The summed E-state index contributed by atoms with van der Waals surface area (Å²) >= 11 is 18.1. The Kier molecular flexibility index (Phi) is 9.37. The van der Waals surface area contributed by atoms with Crippen molar-refractivity contribution in [3.8, 4) is 0 Å². The Hall–Kier alpha value is 1.45. The zero-order valence-electron chi connectivity index (χ0n) is 14.4. The second-order valence-electron chi connectivity index (χ2n) is 6.52. The molecule has 0 spiro atoms. The van der Waals surface area contributed by atoms with Gasteiger partial charge in [0.15, 0.2) is 0 Å². The molecule has 1 heterocycles. The monoisotopic (exact) mass is 894 g/mol. The molecule has 0 saturated carbocycles. The molecule has 0 radical (unpaired) electrons. The fraction of sp³-hybridized carbons (Fsp3) is 0.333. The summed E-state index contributed by atoms with van der Waals surface area (Å²) in [6.07, 6.45) is 0. The van der Waals surface area contributed by atoms with Crippen LogP contribution in [-0.4, -0.2) is 25.2 Å². The van der Waals surface area contributed by atoms with Crippen LogP contribution in [0.1, 0.15) is 0 Å². The van der Waals surface area contributed by atoms with E-state index in [4.69, 9.17) is 23.2 Å². The van der Waals surface area contributed by atoms with Crippen LogP contribution in [0.3, 0.4) is 0 Å². The maximum atomic E-state index is 6.11. The molecule has 0 aromatic heterocycles. The SMILES string of the molecule is Clc1ccc(N2C[C@H]([CH2][Hg][Br])N(c3ccc(Cl)cc3)C[C@H]2[CH2][Hg][Br])cc1. The molecule has 0 N–H and O–H groups in total. The number of halogens is 4. The van der Waals surface area contributed by atoms with Gasteiger partial charge in [0, 0.05) is 0 Å². The van der Waals surface area contributed by atoms with E-state index in [2.05, 4.69) is 57.9 Å². The molecule has 3 rings (SSSR count). The number of nitrogens with zero attached hydrogens (tertiary/aromatic N) is 2. The zero-order chi connectivity index (χ0) is 18.5. The second-order valence-corrected chi connectivity index (χ2v) is 28.7. The molecule has 0 unspecified atom stereocenters. The molecule has 2 nitrogen and oxygen atoms in total. The Labute approximate surface area is 201 Å². The molecule has 1 aliphatic heterocycles. The van der Waals surface area contributed by atoms with E-state index in [-0.39, 0.29) is 0 Å². The van der Waals surface area contributed by atoms with Crippen LogP contribution in [0.4, 0.5) is 11.4 Å². The van der Waals surface area contributed by atoms with E-state index >= 15 is 0 Å². The third-order valence-electron chi connectivity index (χ3n) is 4.90. The molecule has 2 atom stereocenters. The zero-order valence-corrected chi connectivity index (χ0v) is 30.1. The van der Waals surface area contributed by atoms with Crippen molar-refractivity contribution in [2.45, 2.75) is 19.9 Å². The Morgan fingerprint density at radius 1 is 0.731 bits per heavy atom. The second kappa shape index (κ2) is 11.0. The third kappa shape index (κ3) is 5.75. The number of anilines is 2. The summed E-state index contributed by atoms with van der Waals surface area (Å²) in [6.45, 7) is 2.17. The molecule has 1 fully saturated rings. The van der Waals surface area contributed by atoms with Gasteiger partial charge < -0.3 is 0 Å². The van der Waals surface area contributed by atoms with Gasteiger partial charge in [-0.15, -0.1) is 0 Å². The van der Waals surface area contributed by atoms with Gasteiger partial charge in [0.05, 0.1) is 0 Å². The van der Waals surface area contributed by atoms with Gasteiger partial charge in [0.25, 0.3) is 0 Å². The Morgan fingerprint density at radius 2 is 1.08 bits per heavy atom. The van der Waals surface area contributed by atoms with Gasteiger partial charge in [-0.05, 0) is 0 Å². The van der Waals surface area contributed by atoms with Gasteiger partial charge >= 0.3 is 204 Å². The van der Waals surface area contributed by atoms with E-state index in [1.165, 1.54) is 19.2 Å². The molecule has 2 aromatic rings. The fourth-order valence-electron chi connectivity index (χ4n) is 3.59. The molecule has 1 aliphatic rings. The summed E-state index contributed by atoms with van der Waals surface area (Å²) in [5, 5.41) is 1.61. The number of rotatable bonds is 6. The third-order valence-corrected chi connectivity index (χ3v) is 20.3. The van der Waals surface area contributed by atoms with Crippen molar-refractivity contribution in [1.82, 2.24) is 0 Å². The summed E-state index contributed by atoms with van der Waals surface area (Å²) in [4.78, 5) is 5.26. The van der Waals surface area contributed by atoms with Crippen LogP contribution in [-0.2, 0) is 44.3 Å². The molecule has 1 saturated heterocycles. The van der Waals surface area contributed by atoms with Crippen molar-refractivity contribution in [2.24, 2.45) is 0 Å².